The van der Waals surface area contributed by atoms with Crippen molar-refractivity contribution in [1.82, 2.24) is 5.32 Å². The summed E-state index contributed by atoms with van der Waals surface area (Å²) in [6.07, 6.45) is 4.87. The van der Waals surface area contributed by atoms with Crippen LogP contribution in [-0.4, -0.2) is 13.0 Å². The Morgan fingerprint density at radius 2 is 2.00 bits per heavy atom. The standard InChI is InChI=1S/C16H25NO2/c1-4-6-8-13-9-10-15(19-3)11-14(13)12-17-16(18)7-5-2/h9-11H,4-8,12H2,1-3H3,(H,17,18). The van der Waals surface area contributed by atoms with E-state index in [0.29, 0.717) is 13.0 Å². The van der Waals surface area contributed by atoms with Crippen LogP contribution in [0.1, 0.15) is 50.7 Å². The Kier molecular flexibility index (Phi) is 7.01. The lowest BCUT2D eigenvalue weighted by molar-refractivity contribution is -0.121. The van der Waals surface area contributed by atoms with Gasteiger partial charge in [-0.05, 0) is 42.5 Å². The van der Waals surface area contributed by atoms with Crippen molar-refractivity contribution in [3.05, 3.63) is 29.3 Å². The van der Waals surface area contributed by atoms with Crippen LogP contribution in [0.2, 0.25) is 0 Å². The first-order chi connectivity index (χ1) is 9.21. The van der Waals surface area contributed by atoms with Gasteiger partial charge in [-0.3, -0.25) is 4.79 Å². The fourth-order valence-corrected chi connectivity index (χ4v) is 2.01. The molecule has 106 valence electrons. The fourth-order valence-electron chi connectivity index (χ4n) is 2.01. The Balaban J connectivity index is 2.73. The molecule has 1 amide bonds. The molecule has 19 heavy (non-hydrogen) atoms. The molecule has 1 N–H and O–H groups in total. The monoisotopic (exact) mass is 263 g/mol. The summed E-state index contributed by atoms with van der Waals surface area (Å²) >= 11 is 0. The predicted molar refractivity (Wildman–Crippen MR) is 78.4 cm³/mol. The van der Waals surface area contributed by atoms with Crippen LogP contribution < -0.4 is 10.1 Å². The van der Waals surface area contributed by atoms with Gasteiger partial charge in [0, 0.05) is 13.0 Å². The first-order valence-corrected chi connectivity index (χ1v) is 7.13. The van der Waals surface area contributed by atoms with Crippen molar-refractivity contribution in [1.29, 1.82) is 0 Å². The summed E-state index contributed by atoms with van der Waals surface area (Å²) in [4.78, 5) is 11.6. The molecule has 0 spiro atoms. The Morgan fingerprint density at radius 3 is 2.63 bits per heavy atom. The lowest BCUT2D eigenvalue weighted by atomic mass is 10.0. The summed E-state index contributed by atoms with van der Waals surface area (Å²) in [7, 11) is 1.67. The molecule has 3 heteroatoms. The van der Waals surface area contributed by atoms with Gasteiger partial charge in [-0.15, -0.1) is 0 Å². The van der Waals surface area contributed by atoms with Crippen molar-refractivity contribution in [3.63, 3.8) is 0 Å². The topological polar surface area (TPSA) is 38.3 Å². The number of hydrogen-bond acceptors (Lipinski definition) is 2. The Morgan fingerprint density at radius 1 is 1.21 bits per heavy atom. The van der Waals surface area contributed by atoms with Crippen molar-refractivity contribution < 1.29 is 9.53 Å². The number of unbranched alkanes of at least 4 members (excludes halogenated alkanes) is 1. The number of carbonyl (C=O) groups is 1. The quantitative estimate of drug-likeness (QED) is 0.780. The number of benzene rings is 1. The molecular weight excluding hydrogens is 238 g/mol. The number of hydrogen-bond donors (Lipinski definition) is 1. The molecule has 0 aliphatic carbocycles. The van der Waals surface area contributed by atoms with Crippen molar-refractivity contribution >= 4 is 5.91 Å². The zero-order valence-electron chi connectivity index (χ0n) is 12.3. The van der Waals surface area contributed by atoms with Crippen LogP contribution in [0.15, 0.2) is 18.2 Å². The highest BCUT2D eigenvalue weighted by Crippen LogP contribution is 2.19. The molecular formula is C16H25NO2. The largest absolute Gasteiger partial charge is 0.497 e. The van der Waals surface area contributed by atoms with Gasteiger partial charge in [0.1, 0.15) is 5.75 Å². The van der Waals surface area contributed by atoms with Gasteiger partial charge in [0.2, 0.25) is 5.91 Å². The molecule has 0 aliphatic rings. The van der Waals surface area contributed by atoms with Gasteiger partial charge < -0.3 is 10.1 Å². The SMILES string of the molecule is CCCCc1ccc(OC)cc1CNC(=O)CCC. The highest BCUT2D eigenvalue weighted by atomic mass is 16.5. The molecule has 0 heterocycles. The van der Waals surface area contributed by atoms with Crippen molar-refractivity contribution in [3.8, 4) is 5.75 Å². The molecule has 0 saturated heterocycles. The van der Waals surface area contributed by atoms with Gasteiger partial charge >= 0.3 is 0 Å². The minimum Gasteiger partial charge on any atom is -0.497 e. The van der Waals surface area contributed by atoms with Crippen LogP contribution in [0.3, 0.4) is 0 Å². The maximum absolute atomic E-state index is 11.6. The minimum atomic E-state index is 0.117. The van der Waals surface area contributed by atoms with Crippen LogP contribution >= 0.6 is 0 Å². The number of ether oxygens (including phenoxy) is 1. The second kappa shape index (κ2) is 8.57. The summed E-state index contributed by atoms with van der Waals surface area (Å²) in [5.74, 6) is 0.965. The van der Waals surface area contributed by atoms with Crippen LogP contribution in [-0.2, 0) is 17.8 Å². The Hall–Kier alpha value is -1.51. The maximum atomic E-state index is 11.6. The number of carbonyl (C=O) groups excluding carboxylic acids is 1. The average molecular weight is 263 g/mol. The van der Waals surface area contributed by atoms with E-state index in [1.165, 1.54) is 18.4 Å². The normalized spacial score (nSPS) is 10.3. The second-order valence-corrected chi connectivity index (χ2v) is 4.76. The van der Waals surface area contributed by atoms with Crippen molar-refractivity contribution in [2.24, 2.45) is 0 Å². The fraction of sp³-hybridized carbons (Fsp3) is 0.562. The molecule has 0 radical (unpaired) electrons. The summed E-state index contributed by atoms with van der Waals surface area (Å²) in [5, 5.41) is 2.97. The first-order valence-electron chi connectivity index (χ1n) is 7.13. The van der Waals surface area contributed by atoms with Crippen LogP contribution in [0, 0.1) is 0 Å². The molecule has 3 nitrogen and oxygen atoms in total. The van der Waals surface area contributed by atoms with E-state index < -0.39 is 0 Å². The highest BCUT2D eigenvalue weighted by Gasteiger charge is 2.06. The molecule has 0 aliphatic heterocycles. The summed E-state index contributed by atoms with van der Waals surface area (Å²) < 4.78 is 5.26. The highest BCUT2D eigenvalue weighted by molar-refractivity contribution is 5.75. The van der Waals surface area contributed by atoms with Crippen LogP contribution in [0.25, 0.3) is 0 Å². The molecule has 1 aromatic rings. The van der Waals surface area contributed by atoms with Gasteiger partial charge in [-0.25, -0.2) is 0 Å². The number of amides is 1. The van der Waals surface area contributed by atoms with Gasteiger partial charge in [-0.2, -0.15) is 0 Å². The number of aryl methyl sites for hydroxylation is 1. The van der Waals surface area contributed by atoms with E-state index in [9.17, 15) is 4.79 Å². The average Bonchev–Trinajstić information content (AvgIpc) is 2.43. The zero-order valence-corrected chi connectivity index (χ0v) is 12.3. The molecule has 0 saturated carbocycles. The van der Waals surface area contributed by atoms with Crippen molar-refractivity contribution in [2.75, 3.05) is 7.11 Å². The molecule has 1 rings (SSSR count). The summed E-state index contributed by atoms with van der Waals surface area (Å²) in [6, 6.07) is 6.12. The molecule has 0 unspecified atom stereocenters. The summed E-state index contributed by atoms with van der Waals surface area (Å²) in [6.45, 7) is 4.79. The minimum absolute atomic E-state index is 0.117. The van der Waals surface area contributed by atoms with E-state index in [4.69, 9.17) is 4.74 Å². The number of nitrogens with one attached hydrogen (secondary N) is 1. The van der Waals surface area contributed by atoms with Gasteiger partial charge in [0.25, 0.3) is 0 Å². The van der Waals surface area contributed by atoms with Gasteiger partial charge in [-0.1, -0.05) is 26.3 Å². The summed E-state index contributed by atoms with van der Waals surface area (Å²) in [5.41, 5.74) is 2.47. The molecule has 0 atom stereocenters. The third-order valence-corrected chi connectivity index (χ3v) is 3.17. The zero-order chi connectivity index (χ0) is 14.1. The molecule has 0 fully saturated rings. The third kappa shape index (κ3) is 5.33. The van der Waals surface area contributed by atoms with E-state index in [2.05, 4.69) is 18.3 Å². The van der Waals surface area contributed by atoms with E-state index in [-0.39, 0.29) is 5.91 Å². The Labute approximate surface area is 116 Å². The van der Waals surface area contributed by atoms with E-state index in [0.717, 1.165) is 24.2 Å². The predicted octanol–water partition coefficient (Wildman–Crippen LogP) is 3.45. The van der Waals surface area contributed by atoms with E-state index >= 15 is 0 Å². The third-order valence-electron chi connectivity index (χ3n) is 3.17. The van der Waals surface area contributed by atoms with E-state index in [1.54, 1.807) is 7.11 Å². The van der Waals surface area contributed by atoms with E-state index in [1.807, 2.05) is 19.1 Å². The Bertz CT molecular complexity index is 402. The molecule has 0 bridgehead atoms. The lowest BCUT2D eigenvalue weighted by Crippen LogP contribution is -2.22. The maximum Gasteiger partial charge on any atom is 0.220 e. The number of methoxy groups -OCH3 is 1. The van der Waals surface area contributed by atoms with Crippen LogP contribution in [0.5, 0.6) is 5.75 Å². The smallest absolute Gasteiger partial charge is 0.220 e. The first kappa shape index (κ1) is 15.5. The second-order valence-electron chi connectivity index (χ2n) is 4.76. The van der Waals surface area contributed by atoms with Crippen LogP contribution in [0.4, 0.5) is 0 Å². The van der Waals surface area contributed by atoms with Gasteiger partial charge in [0.05, 0.1) is 7.11 Å². The lowest BCUT2D eigenvalue weighted by Gasteiger charge is -2.12. The molecule has 1 aromatic carbocycles. The number of rotatable bonds is 8. The van der Waals surface area contributed by atoms with Gasteiger partial charge in [0.15, 0.2) is 0 Å². The van der Waals surface area contributed by atoms with Crippen molar-refractivity contribution in [2.45, 2.75) is 52.5 Å². The molecule has 0 aromatic heterocycles.